The van der Waals surface area contributed by atoms with Crippen molar-refractivity contribution >= 4 is 5.78 Å². The number of ketones is 1. The molecule has 0 aromatic heterocycles. The number of carbonyl (C=O) groups excluding carboxylic acids is 1. The Balaban J connectivity index is 1.69. The van der Waals surface area contributed by atoms with E-state index in [1.165, 1.54) is 31.3 Å². The van der Waals surface area contributed by atoms with Crippen LogP contribution in [0.4, 0.5) is 0 Å². The average Bonchev–Trinajstić information content (AvgIpc) is 2.80. The molecule has 2 nitrogen and oxygen atoms in total. The van der Waals surface area contributed by atoms with Crippen LogP contribution in [0.1, 0.15) is 78.6 Å². The van der Waals surface area contributed by atoms with Crippen LogP contribution in [0.25, 0.3) is 0 Å². The topological polar surface area (TPSA) is 37.3 Å². The molecular weight excluding hydrogens is 284 g/mol. The van der Waals surface area contributed by atoms with Crippen LogP contribution in [-0.4, -0.2) is 16.5 Å². The Morgan fingerprint density at radius 2 is 1.83 bits per heavy atom. The molecule has 3 fully saturated rings. The second-order valence-electron chi connectivity index (χ2n) is 9.35. The normalized spacial score (nSPS) is 52.4. The number of hydrogen-bond acceptors (Lipinski definition) is 2. The van der Waals surface area contributed by atoms with Crippen LogP contribution >= 0.6 is 0 Å². The predicted molar refractivity (Wildman–Crippen MR) is 92.0 cm³/mol. The third-order valence-electron chi connectivity index (χ3n) is 8.87. The Kier molecular flexibility index (Phi) is 3.41. The summed E-state index contributed by atoms with van der Waals surface area (Å²) < 4.78 is 0. The van der Waals surface area contributed by atoms with Gasteiger partial charge in [0.1, 0.15) is 0 Å². The lowest BCUT2D eigenvalue weighted by Crippen LogP contribution is -2.54. The zero-order valence-corrected chi connectivity index (χ0v) is 15.0. The van der Waals surface area contributed by atoms with Crippen LogP contribution in [0.5, 0.6) is 0 Å². The van der Waals surface area contributed by atoms with Crippen LogP contribution in [0.2, 0.25) is 0 Å². The molecule has 0 saturated heterocycles. The van der Waals surface area contributed by atoms with E-state index in [1.807, 2.05) is 6.08 Å². The molecule has 0 amide bonds. The summed E-state index contributed by atoms with van der Waals surface area (Å²) in [6, 6.07) is 0. The first-order valence-electron chi connectivity index (χ1n) is 9.80. The van der Waals surface area contributed by atoms with Crippen LogP contribution in [0.3, 0.4) is 0 Å². The fraction of sp³-hybridized carbons (Fsp3) is 0.857. The average molecular weight is 316 g/mol. The van der Waals surface area contributed by atoms with Gasteiger partial charge in [-0.1, -0.05) is 26.3 Å². The van der Waals surface area contributed by atoms with Gasteiger partial charge in [0.15, 0.2) is 5.78 Å². The van der Waals surface area contributed by atoms with E-state index in [2.05, 4.69) is 20.8 Å². The van der Waals surface area contributed by atoms with E-state index >= 15 is 0 Å². The molecule has 1 N–H and O–H groups in total. The van der Waals surface area contributed by atoms with Gasteiger partial charge in [-0.15, -0.1) is 0 Å². The molecule has 128 valence electrons. The Hall–Kier alpha value is -0.630. The summed E-state index contributed by atoms with van der Waals surface area (Å²) in [4.78, 5) is 11.9. The molecule has 0 spiro atoms. The summed E-state index contributed by atoms with van der Waals surface area (Å²) in [5, 5.41) is 11.2. The van der Waals surface area contributed by atoms with Crippen molar-refractivity contribution in [3.8, 4) is 0 Å². The monoisotopic (exact) mass is 316 g/mol. The van der Waals surface area contributed by atoms with Crippen molar-refractivity contribution in [3.63, 3.8) is 0 Å². The van der Waals surface area contributed by atoms with E-state index in [9.17, 15) is 9.90 Å². The summed E-state index contributed by atoms with van der Waals surface area (Å²) in [6.45, 7) is 6.98. The van der Waals surface area contributed by atoms with Crippen molar-refractivity contribution in [1.82, 2.24) is 0 Å². The largest absolute Gasteiger partial charge is 0.389 e. The van der Waals surface area contributed by atoms with Crippen LogP contribution in [0, 0.1) is 28.6 Å². The van der Waals surface area contributed by atoms with Gasteiger partial charge >= 0.3 is 0 Å². The van der Waals surface area contributed by atoms with Gasteiger partial charge in [-0.2, -0.15) is 0 Å². The fourth-order valence-corrected chi connectivity index (χ4v) is 7.25. The SMILES string of the molecule is CC[C@]1(O)CC[C@@H]2[C@H]3CCC4=CC(=O)CC[C@@]4(C)[C@@H]3CC[C@]21C. The number of hydrogen-bond donors (Lipinski definition) is 1. The minimum atomic E-state index is -0.442. The number of allylic oxidation sites excluding steroid dienone is 1. The highest BCUT2D eigenvalue weighted by atomic mass is 16.3. The highest BCUT2D eigenvalue weighted by Crippen LogP contribution is 2.67. The van der Waals surface area contributed by atoms with Crippen molar-refractivity contribution in [3.05, 3.63) is 11.6 Å². The molecule has 4 aliphatic carbocycles. The summed E-state index contributed by atoms with van der Waals surface area (Å²) in [7, 11) is 0. The molecule has 4 aliphatic rings. The summed E-state index contributed by atoms with van der Waals surface area (Å²) in [6.07, 6.45) is 11.6. The first-order chi connectivity index (χ1) is 10.8. The number of aliphatic hydroxyl groups is 1. The number of fused-ring (bicyclic) bond motifs is 5. The molecular formula is C21H32O2. The quantitative estimate of drug-likeness (QED) is 0.764. The van der Waals surface area contributed by atoms with Crippen LogP contribution in [0.15, 0.2) is 11.6 Å². The Morgan fingerprint density at radius 3 is 2.57 bits per heavy atom. The molecule has 0 heterocycles. The van der Waals surface area contributed by atoms with E-state index in [0.29, 0.717) is 11.7 Å². The predicted octanol–water partition coefficient (Wildman–Crippen LogP) is 4.66. The van der Waals surface area contributed by atoms with Gasteiger partial charge in [0, 0.05) is 6.42 Å². The van der Waals surface area contributed by atoms with Gasteiger partial charge in [-0.25, -0.2) is 0 Å². The van der Waals surface area contributed by atoms with Crippen molar-refractivity contribution < 1.29 is 9.90 Å². The minimum absolute atomic E-state index is 0.116. The third-order valence-corrected chi connectivity index (χ3v) is 8.87. The Bertz CT molecular complexity index is 564. The van der Waals surface area contributed by atoms with Gasteiger partial charge in [-0.3, -0.25) is 4.79 Å². The van der Waals surface area contributed by atoms with Gasteiger partial charge in [0.05, 0.1) is 5.60 Å². The molecule has 0 aliphatic heterocycles. The van der Waals surface area contributed by atoms with Crippen molar-refractivity contribution in [2.24, 2.45) is 28.6 Å². The highest BCUT2D eigenvalue weighted by molar-refractivity contribution is 5.91. The van der Waals surface area contributed by atoms with Crippen molar-refractivity contribution in [2.75, 3.05) is 0 Å². The smallest absolute Gasteiger partial charge is 0.155 e. The van der Waals surface area contributed by atoms with Gasteiger partial charge in [-0.05, 0) is 86.0 Å². The fourth-order valence-electron chi connectivity index (χ4n) is 7.25. The van der Waals surface area contributed by atoms with E-state index in [0.717, 1.165) is 43.9 Å². The molecule has 23 heavy (non-hydrogen) atoms. The number of rotatable bonds is 1. The van der Waals surface area contributed by atoms with Crippen LogP contribution < -0.4 is 0 Å². The summed E-state index contributed by atoms with van der Waals surface area (Å²) in [5.41, 5.74) is 1.38. The van der Waals surface area contributed by atoms with Gasteiger partial charge in [0.2, 0.25) is 0 Å². The first kappa shape index (κ1) is 15.9. The van der Waals surface area contributed by atoms with Crippen LogP contribution in [-0.2, 0) is 4.79 Å². The molecule has 0 radical (unpaired) electrons. The second kappa shape index (κ2) is 4.94. The summed E-state index contributed by atoms with van der Waals surface area (Å²) in [5.74, 6) is 2.51. The third kappa shape index (κ3) is 1.94. The molecule has 6 atom stereocenters. The van der Waals surface area contributed by atoms with Gasteiger partial charge < -0.3 is 5.11 Å². The maximum atomic E-state index is 11.9. The molecule has 3 saturated carbocycles. The lowest BCUT2D eigenvalue weighted by molar-refractivity contribution is -0.130. The zero-order chi connectivity index (χ0) is 16.5. The highest BCUT2D eigenvalue weighted by Gasteiger charge is 2.63. The summed E-state index contributed by atoms with van der Waals surface area (Å²) >= 11 is 0. The maximum Gasteiger partial charge on any atom is 0.155 e. The second-order valence-corrected chi connectivity index (χ2v) is 9.35. The van der Waals surface area contributed by atoms with E-state index in [1.54, 1.807) is 0 Å². The molecule has 4 rings (SSSR count). The van der Waals surface area contributed by atoms with Crippen molar-refractivity contribution in [1.29, 1.82) is 0 Å². The maximum absolute atomic E-state index is 11.9. The van der Waals surface area contributed by atoms with E-state index in [4.69, 9.17) is 0 Å². The minimum Gasteiger partial charge on any atom is -0.389 e. The van der Waals surface area contributed by atoms with E-state index in [-0.39, 0.29) is 10.8 Å². The molecule has 0 bridgehead atoms. The van der Waals surface area contributed by atoms with Crippen molar-refractivity contribution in [2.45, 2.75) is 84.2 Å². The molecule has 0 unspecified atom stereocenters. The van der Waals surface area contributed by atoms with E-state index < -0.39 is 5.60 Å². The zero-order valence-electron chi connectivity index (χ0n) is 15.0. The molecule has 0 aromatic rings. The Labute approximate surface area is 140 Å². The standard InChI is InChI=1S/C21H32O2/c1-4-21(23)12-9-18-16-6-5-14-13-15(22)7-10-19(14,2)17(16)8-11-20(18,21)3/h13,16-18,23H,4-12H2,1-3H3/t16-,17+,18+,19+,20+,21-/m0/s1. The number of carbonyl (C=O) groups is 1. The first-order valence-corrected chi connectivity index (χ1v) is 9.80. The molecule has 2 heteroatoms. The molecule has 0 aromatic carbocycles. The Morgan fingerprint density at radius 1 is 1.09 bits per heavy atom. The van der Waals surface area contributed by atoms with Gasteiger partial charge in [0.25, 0.3) is 0 Å². The lowest BCUT2D eigenvalue weighted by atomic mass is 9.46. The lowest BCUT2D eigenvalue weighted by Gasteiger charge is -2.59.